The first-order valence-corrected chi connectivity index (χ1v) is 6.02. The monoisotopic (exact) mass is 236 g/mol. The third kappa shape index (κ3) is 2.89. The maximum Gasteiger partial charge on any atom is 0.0991 e. The van der Waals surface area contributed by atoms with Gasteiger partial charge in [0.1, 0.15) is 0 Å². The third-order valence-corrected chi connectivity index (χ3v) is 2.94. The second-order valence-electron chi connectivity index (χ2n) is 4.47. The molecule has 2 rings (SSSR count). The van der Waals surface area contributed by atoms with Gasteiger partial charge in [-0.3, -0.25) is 0 Å². The van der Waals surface area contributed by atoms with Gasteiger partial charge in [0.05, 0.1) is 11.6 Å². The van der Waals surface area contributed by atoms with Crippen molar-refractivity contribution in [2.45, 2.75) is 19.9 Å². The molecular formula is C16H16N2. The molecule has 0 saturated heterocycles. The minimum Gasteiger partial charge on any atom is -0.379 e. The molecule has 0 aliphatic rings. The van der Waals surface area contributed by atoms with Gasteiger partial charge >= 0.3 is 0 Å². The Balaban J connectivity index is 2.12. The van der Waals surface area contributed by atoms with E-state index in [0.717, 1.165) is 5.69 Å². The average molecular weight is 236 g/mol. The molecule has 2 aromatic rings. The van der Waals surface area contributed by atoms with Crippen LogP contribution in [0.3, 0.4) is 0 Å². The summed E-state index contributed by atoms with van der Waals surface area (Å²) >= 11 is 0. The van der Waals surface area contributed by atoms with Gasteiger partial charge in [0.25, 0.3) is 0 Å². The zero-order chi connectivity index (χ0) is 13.0. The van der Waals surface area contributed by atoms with Crippen molar-refractivity contribution in [3.05, 3.63) is 65.2 Å². The quantitative estimate of drug-likeness (QED) is 0.873. The molecule has 0 aromatic heterocycles. The fourth-order valence-electron chi connectivity index (χ4n) is 1.91. The zero-order valence-electron chi connectivity index (χ0n) is 10.6. The van der Waals surface area contributed by atoms with Crippen LogP contribution in [0.5, 0.6) is 0 Å². The number of rotatable bonds is 3. The van der Waals surface area contributed by atoms with E-state index in [1.807, 2.05) is 30.3 Å². The smallest absolute Gasteiger partial charge is 0.0991 e. The highest BCUT2D eigenvalue weighted by atomic mass is 14.9. The predicted octanol–water partition coefficient (Wildman–Crippen LogP) is 4.04. The van der Waals surface area contributed by atoms with Gasteiger partial charge in [-0.2, -0.15) is 5.26 Å². The number of anilines is 1. The van der Waals surface area contributed by atoms with Gasteiger partial charge in [0.15, 0.2) is 0 Å². The largest absolute Gasteiger partial charge is 0.379 e. The first kappa shape index (κ1) is 12.2. The number of aryl methyl sites for hydroxylation is 1. The van der Waals surface area contributed by atoms with Crippen LogP contribution in [0.1, 0.15) is 29.7 Å². The second kappa shape index (κ2) is 5.37. The minimum atomic E-state index is 0.222. The molecule has 0 aliphatic carbocycles. The van der Waals surface area contributed by atoms with Gasteiger partial charge in [-0.1, -0.05) is 24.3 Å². The van der Waals surface area contributed by atoms with Crippen LogP contribution < -0.4 is 5.32 Å². The summed E-state index contributed by atoms with van der Waals surface area (Å²) in [5.74, 6) is 0. The van der Waals surface area contributed by atoms with Crippen LogP contribution in [0.4, 0.5) is 5.69 Å². The van der Waals surface area contributed by atoms with Gasteiger partial charge in [0, 0.05) is 11.7 Å². The summed E-state index contributed by atoms with van der Waals surface area (Å²) in [6.07, 6.45) is 0. The van der Waals surface area contributed by atoms with Gasteiger partial charge in [-0.25, -0.2) is 0 Å². The number of benzene rings is 2. The minimum absolute atomic E-state index is 0.222. The lowest BCUT2D eigenvalue weighted by Gasteiger charge is -2.16. The van der Waals surface area contributed by atoms with E-state index in [-0.39, 0.29) is 6.04 Å². The van der Waals surface area contributed by atoms with Crippen LogP contribution in [0.15, 0.2) is 48.5 Å². The summed E-state index contributed by atoms with van der Waals surface area (Å²) in [6, 6.07) is 18.4. The predicted molar refractivity (Wildman–Crippen MR) is 74.4 cm³/mol. The SMILES string of the molecule is Cc1cccc(NC(C)c2ccc(C#N)cc2)c1. The molecule has 0 amide bonds. The van der Waals surface area contributed by atoms with Gasteiger partial charge in [0.2, 0.25) is 0 Å². The standard InChI is InChI=1S/C16H16N2/c1-12-4-3-5-16(10-12)18-13(2)15-8-6-14(11-17)7-9-15/h3-10,13,18H,1-2H3. The number of nitrogens with one attached hydrogen (secondary N) is 1. The molecule has 1 unspecified atom stereocenters. The van der Waals surface area contributed by atoms with Crippen LogP contribution in [0, 0.1) is 18.3 Å². The fourth-order valence-corrected chi connectivity index (χ4v) is 1.91. The molecule has 18 heavy (non-hydrogen) atoms. The van der Waals surface area contributed by atoms with E-state index >= 15 is 0 Å². The molecule has 0 radical (unpaired) electrons. The Hall–Kier alpha value is -2.27. The second-order valence-corrected chi connectivity index (χ2v) is 4.47. The number of nitrogens with zero attached hydrogens (tertiary/aromatic N) is 1. The van der Waals surface area contributed by atoms with Crippen LogP contribution in [-0.2, 0) is 0 Å². The van der Waals surface area contributed by atoms with E-state index in [1.165, 1.54) is 11.1 Å². The molecule has 0 spiro atoms. The van der Waals surface area contributed by atoms with Crippen molar-refractivity contribution in [2.24, 2.45) is 0 Å². The Morgan fingerprint density at radius 2 is 1.83 bits per heavy atom. The molecule has 1 atom stereocenters. The summed E-state index contributed by atoms with van der Waals surface area (Å²) in [4.78, 5) is 0. The first-order valence-electron chi connectivity index (χ1n) is 6.02. The molecule has 2 aromatic carbocycles. The van der Waals surface area contributed by atoms with Crippen molar-refractivity contribution in [1.29, 1.82) is 5.26 Å². The van der Waals surface area contributed by atoms with Crippen molar-refractivity contribution >= 4 is 5.69 Å². The average Bonchev–Trinajstić information content (AvgIpc) is 2.39. The lowest BCUT2D eigenvalue weighted by atomic mass is 10.1. The van der Waals surface area contributed by atoms with Crippen LogP contribution >= 0.6 is 0 Å². The van der Waals surface area contributed by atoms with Crippen molar-refractivity contribution in [1.82, 2.24) is 0 Å². The van der Waals surface area contributed by atoms with Gasteiger partial charge < -0.3 is 5.32 Å². The Morgan fingerprint density at radius 1 is 1.11 bits per heavy atom. The first-order chi connectivity index (χ1) is 8.69. The highest BCUT2D eigenvalue weighted by molar-refractivity contribution is 5.47. The lowest BCUT2D eigenvalue weighted by Crippen LogP contribution is -2.06. The summed E-state index contributed by atoms with van der Waals surface area (Å²) in [5.41, 5.74) is 4.23. The van der Waals surface area contributed by atoms with Crippen molar-refractivity contribution in [3.8, 4) is 6.07 Å². The van der Waals surface area contributed by atoms with E-state index in [2.05, 4.69) is 43.4 Å². The summed E-state index contributed by atoms with van der Waals surface area (Å²) in [5, 5.41) is 12.2. The highest BCUT2D eigenvalue weighted by Crippen LogP contribution is 2.20. The normalized spacial score (nSPS) is 11.6. The topological polar surface area (TPSA) is 35.8 Å². The molecule has 0 bridgehead atoms. The fraction of sp³-hybridized carbons (Fsp3) is 0.188. The summed E-state index contributed by atoms with van der Waals surface area (Å²) in [6.45, 7) is 4.20. The van der Waals surface area contributed by atoms with Crippen molar-refractivity contribution in [3.63, 3.8) is 0 Å². The Kier molecular flexibility index (Phi) is 3.64. The molecule has 90 valence electrons. The summed E-state index contributed by atoms with van der Waals surface area (Å²) < 4.78 is 0. The number of nitriles is 1. The Bertz CT molecular complexity index is 564. The van der Waals surface area contributed by atoms with Crippen LogP contribution in [-0.4, -0.2) is 0 Å². The Morgan fingerprint density at radius 3 is 2.44 bits per heavy atom. The van der Waals surface area contributed by atoms with Gasteiger partial charge in [-0.05, 0) is 49.2 Å². The van der Waals surface area contributed by atoms with E-state index in [4.69, 9.17) is 5.26 Å². The molecule has 0 aliphatic heterocycles. The molecule has 0 heterocycles. The highest BCUT2D eigenvalue weighted by Gasteiger charge is 2.05. The van der Waals surface area contributed by atoms with E-state index in [1.54, 1.807) is 0 Å². The van der Waals surface area contributed by atoms with E-state index in [0.29, 0.717) is 5.56 Å². The molecule has 1 N–H and O–H groups in total. The Labute approximate surface area is 108 Å². The van der Waals surface area contributed by atoms with Crippen molar-refractivity contribution < 1.29 is 0 Å². The molecule has 2 heteroatoms. The van der Waals surface area contributed by atoms with E-state index in [9.17, 15) is 0 Å². The third-order valence-electron chi connectivity index (χ3n) is 2.94. The number of hydrogen-bond donors (Lipinski definition) is 1. The van der Waals surface area contributed by atoms with E-state index < -0.39 is 0 Å². The van der Waals surface area contributed by atoms with Crippen LogP contribution in [0.25, 0.3) is 0 Å². The van der Waals surface area contributed by atoms with Crippen LogP contribution in [0.2, 0.25) is 0 Å². The molecule has 0 saturated carbocycles. The van der Waals surface area contributed by atoms with Gasteiger partial charge in [-0.15, -0.1) is 0 Å². The lowest BCUT2D eigenvalue weighted by molar-refractivity contribution is 0.884. The maximum absolute atomic E-state index is 8.77. The maximum atomic E-state index is 8.77. The molecule has 0 fully saturated rings. The molecular weight excluding hydrogens is 220 g/mol. The zero-order valence-corrected chi connectivity index (χ0v) is 10.6. The molecule has 2 nitrogen and oxygen atoms in total. The number of hydrogen-bond acceptors (Lipinski definition) is 2. The van der Waals surface area contributed by atoms with Crippen molar-refractivity contribution in [2.75, 3.05) is 5.32 Å². The summed E-state index contributed by atoms with van der Waals surface area (Å²) in [7, 11) is 0.